The molecule has 0 bridgehead atoms. The molecule has 0 aromatic heterocycles. The molecule has 0 N–H and O–H groups in total. The van der Waals surface area contributed by atoms with Gasteiger partial charge >= 0.3 is 0 Å². The highest BCUT2D eigenvalue weighted by Gasteiger charge is 2.25. The predicted octanol–water partition coefficient (Wildman–Crippen LogP) is 3.58. The first kappa shape index (κ1) is 16.5. The number of hydrogen-bond acceptors (Lipinski definition) is 4. The second-order valence-electron chi connectivity index (χ2n) is 6.21. The predicted molar refractivity (Wildman–Crippen MR) is 86.5 cm³/mol. The third kappa shape index (κ3) is 3.34. The molecule has 0 unspecified atom stereocenters. The van der Waals surface area contributed by atoms with E-state index >= 15 is 0 Å². The van der Waals surface area contributed by atoms with Crippen molar-refractivity contribution < 1.29 is 14.5 Å². The number of carbonyl (C=O) groups excluding carboxylic acids is 2. The van der Waals surface area contributed by atoms with Crippen molar-refractivity contribution in [2.24, 2.45) is 0 Å². The average Bonchev–Trinajstić information content (AvgIpc) is 2.52. The van der Waals surface area contributed by atoms with Crippen LogP contribution in [0.4, 0.5) is 5.69 Å². The van der Waals surface area contributed by atoms with Crippen molar-refractivity contribution in [1.29, 1.82) is 0 Å². The summed E-state index contributed by atoms with van der Waals surface area (Å²) in [5, 5.41) is 10.7. The Kier molecular flexibility index (Phi) is 4.40. The highest BCUT2D eigenvalue weighted by Crippen LogP contribution is 2.30. The van der Waals surface area contributed by atoms with Crippen molar-refractivity contribution in [3.8, 4) is 0 Å². The number of nitro benzene ring substituents is 1. The molecule has 2 aromatic carbocycles. The van der Waals surface area contributed by atoms with Crippen LogP contribution in [-0.2, 0) is 10.2 Å². The van der Waals surface area contributed by atoms with Crippen molar-refractivity contribution in [2.75, 3.05) is 0 Å². The molecule has 5 nitrogen and oxygen atoms in total. The number of ketones is 1. The second kappa shape index (κ2) is 6.12. The van der Waals surface area contributed by atoms with Crippen molar-refractivity contribution in [3.63, 3.8) is 0 Å². The van der Waals surface area contributed by atoms with E-state index in [4.69, 9.17) is 0 Å². The Balaban J connectivity index is 2.55. The van der Waals surface area contributed by atoms with E-state index < -0.39 is 10.3 Å². The summed E-state index contributed by atoms with van der Waals surface area (Å²) in [5.74, 6) is -0.276. The van der Waals surface area contributed by atoms with E-state index in [9.17, 15) is 19.7 Å². The molecule has 0 atom stereocenters. The number of nitro groups is 1. The molecule has 0 aliphatic rings. The largest absolute Gasteiger partial charge is 0.289 e. The van der Waals surface area contributed by atoms with Crippen molar-refractivity contribution >= 4 is 17.8 Å². The Labute approximate surface area is 134 Å². The lowest BCUT2D eigenvalue weighted by Gasteiger charge is -2.24. The molecule has 0 heterocycles. The van der Waals surface area contributed by atoms with Crippen LogP contribution >= 0.6 is 0 Å². The molecular formula is C18H16NO4. The van der Waals surface area contributed by atoms with Crippen LogP contribution in [0, 0.1) is 10.1 Å². The molecule has 2 aromatic rings. The van der Waals surface area contributed by atoms with Crippen molar-refractivity contribution in [1.82, 2.24) is 0 Å². The molecule has 0 aliphatic carbocycles. The lowest BCUT2D eigenvalue weighted by Crippen LogP contribution is -2.20. The zero-order chi connectivity index (χ0) is 17.2. The topological polar surface area (TPSA) is 77.3 Å². The third-order valence-electron chi connectivity index (χ3n) is 3.51. The quantitative estimate of drug-likeness (QED) is 0.491. The van der Waals surface area contributed by atoms with Crippen molar-refractivity contribution in [2.45, 2.75) is 26.2 Å². The van der Waals surface area contributed by atoms with E-state index in [1.54, 1.807) is 18.2 Å². The fourth-order valence-corrected chi connectivity index (χ4v) is 2.52. The highest BCUT2D eigenvalue weighted by molar-refractivity contribution is 6.11. The molecule has 0 amide bonds. The van der Waals surface area contributed by atoms with Crippen LogP contribution in [-0.4, -0.2) is 17.0 Å². The summed E-state index contributed by atoms with van der Waals surface area (Å²) in [4.78, 5) is 34.1. The molecule has 2 rings (SSSR count). The van der Waals surface area contributed by atoms with E-state index in [2.05, 4.69) is 0 Å². The number of hydrogen-bond donors (Lipinski definition) is 0. The Bertz CT molecular complexity index is 771. The van der Waals surface area contributed by atoms with Crippen LogP contribution < -0.4 is 0 Å². The number of rotatable bonds is 4. The van der Waals surface area contributed by atoms with Crippen LogP contribution in [0.15, 0.2) is 42.5 Å². The molecule has 0 spiro atoms. The maximum absolute atomic E-state index is 12.8. The molecule has 23 heavy (non-hydrogen) atoms. The van der Waals surface area contributed by atoms with Gasteiger partial charge in [0.15, 0.2) is 5.78 Å². The van der Waals surface area contributed by atoms with Gasteiger partial charge in [0.2, 0.25) is 6.29 Å². The molecule has 0 saturated heterocycles. The van der Waals surface area contributed by atoms with Crippen LogP contribution in [0.1, 0.15) is 47.8 Å². The first-order chi connectivity index (χ1) is 10.8. The van der Waals surface area contributed by atoms with Gasteiger partial charge in [-0.25, -0.2) is 0 Å². The van der Waals surface area contributed by atoms with Crippen LogP contribution in [0.25, 0.3) is 0 Å². The minimum atomic E-state index is -0.517. The SMILES string of the molecule is CC(C)(C)c1c([C]=O)cccc1C(=O)c1ccc([N+](=O)[O-])cc1. The fourth-order valence-electron chi connectivity index (χ4n) is 2.52. The van der Waals surface area contributed by atoms with Crippen molar-refractivity contribution in [3.05, 3.63) is 74.8 Å². The lowest BCUT2D eigenvalue weighted by molar-refractivity contribution is -0.384. The number of nitrogens with zero attached hydrogens (tertiary/aromatic N) is 1. The van der Waals surface area contributed by atoms with Crippen LogP contribution in [0.2, 0.25) is 0 Å². The summed E-state index contributed by atoms with van der Waals surface area (Å²) >= 11 is 0. The normalized spacial score (nSPS) is 11.1. The van der Waals surface area contributed by atoms with E-state index in [1.165, 1.54) is 24.3 Å². The Hall–Kier alpha value is -2.82. The number of benzene rings is 2. The Morgan fingerprint density at radius 1 is 1.09 bits per heavy atom. The molecular weight excluding hydrogens is 294 g/mol. The van der Waals surface area contributed by atoms with E-state index in [0.29, 0.717) is 22.3 Å². The summed E-state index contributed by atoms with van der Waals surface area (Å²) in [6.07, 6.45) is 1.88. The molecule has 0 saturated carbocycles. The molecule has 117 valence electrons. The van der Waals surface area contributed by atoms with Gasteiger partial charge in [0.05, 0.1) is 4.92 Å². The zero-order valence-corrected chi connectivity index (χ0v) is 13.1. The molecule has 1 radical (unpaired) electrons. The van der Waals surface area contributed by atoms with Crippen LogP contribution in [0.3, 0.4) is 0 Å². The second-order valence-corrected chi connectivity index (χ2v) is 6.21. The smallest absolute Gasteiger partial charge is 0.269 e. The standard InChI is InChI=1S/C18H16NO4/c1-18(2,3)16-13(11-20)5-4-6-15(16)17(21)12-7-9-14(10-8-12)19(22)23/h4-10H,1-3H3. The molecule has 0 fully saturated rings. The molecule has 0 aliphatic heterocycles. The Morgan fingerprint density at radius 3 is 2.17 bits per heavy atom. The highest BCUT2D eigenvalue weighted by atomic mass is 16.6. The maximum Gasteiger partial charge on any atom is 0.269 e. The summed E-state index contributed by atoms with van der Waals surface area (Å²) in [6.45, 7) is 5.74. The van der Waals surface area contributed by atoms with Gasteiger partial charge in [-0.1, -0.05) is 39.0 Å². The summed E-state index contributed by atoms with van der Waals surface area (Å²) in [5.41, 5.74) is 1.23. The van der Waals surface area contributed by atoms with Crippen LogP contribution in [0.5, 0.6) is 0 Å². The van der Waals surface area contributed by atoms with Gasteiger partial charge in [-0.15, -0.1) is 0 Å². The minimum absolute atomic E-state index is 0.0763. The zero-order valence-electron chi connectivity index (χ0n) is 13.1. The summed E-state index contributed by atoms with van der Waals surface area (Å²) < 4.78 is 0. The van der Waals surface area contributed by atoms with Gasteiger partial charge in [-0.05, 0) is 23.1 Å². The number of non-ortho nitro benzene ring substituents is 1. The molecule has 5 heteroatoms. The monoisotopic (exact) mass is 310 g/mol. The van der Waals surface area contributed by atoms with E-state index in [1.807, 2.05) is 27.1 Å². The van der Waals surface area contributed by atoms with Gasteiger partial charge in [-0.3, -0.25) is 19.7 Å². The first-order valence-corrected chi connectivity index (χ1v) is 7.06. The average molecular weight is 310 g/mol. The van der Waals surface area contributed by atoms with Gasteiger partial charge in [0.25, 0.3) is 5.69 Å². The van der Waals surface area contributed by atoms with Gasteiger partial charge < -0.3 is 0 Å². The number of carbonyl (C=O) groups is 1. The fraction of sp³-hybridized carbons (Fsp3) is 0.222. The Morgan fingerprint density at radius 2 is 1.70 bits per heavy atom. The maximum atomic E-state index is 12.8. The van der Waals surface area contributed by atoms with E-state index in [-0.39, 0.29) is 11.5 Å². The summed E-state index contributed by atoms with van der Waals surface area (Å²) in [7, 11) is 0. The van der Waals surface area contributed by atoms with Gasteiger partial charge in [-0.2, -0.15) is 0 Å². The van der Waals surface area contributed by atoms with Gasteiger partial charge in [0, 0.05) is 28.8 Å². The third-order valence-corrected chi connectivity index (χ3v) is 3.51. The van der Waals surface area contributed by atoms with E-state index in [0.717, 1.165) is 0 Å². The lowest BCUT2D eigenvalue weighted by atomic mass is 9.79. The minimum Gasteiger partial charge on any atom is -0.289 e. The first-order valence-electron chi connectivity index (χ1n) is 7.06. The van der Waals surface area contributed by atoms with Gasteiger partial charge in [0.1, 0.15) is 0 Å². The summed E-state index contributed by atoms with van der Waals surface area (Å²) in [6, 6.07) is 10.3.